The normalized spacial score (nSPS) is 28.4. The molecule has 0 aliphatic heterocycles. The van der Waals surface area contributed by atoms with E-state index in [-0.39, 0.29) is 0 Å². The van der Waals surface area contributed by atoms with Crippen LogP contribution < -0.4 is 0 Å². The molecular weight excluding hydrogens is 322 g/mol. The van der Waals surface area contributed by atoms with Gasteiger partial charge >= 0.3 is 0 Å². The number of nitrogens with zero attached hydrogens (tertiary/aromatic N) is 1. The summed E-state index contributed by atoms with van der Waals surface area (Å²) in [4.78, 5) is 4.69. The first-order chi connectivity index (χ1) is 8.88. The molecule has 1 aliphatic carbocycles. The van der Waals surface area contributed by atoms with Crippen molar-refractivity contribution in [3.63, 3.8) is 0 Å². The van der Waals surface area contributed by atoms with Gasteiger partial charge in [0.1, 0.15) is 0 Å². The largest absolute Gasteiger partial charge is 0.263 e. The van der Waals surface area contributed by atoms with E-state index in [1.165, 1.54) is 24.8 Å². The molecule has 0 amide bonds. The lowest BCUT2D eigenvalue weighted by atomic mass is 9.68. The van der Waals surface area contributed by atoms with Crippen LogP contribution in [0.1, 0.15) is 45.6 Å². The second-order valence-corrected chi connectivity index (χ2v) is 8.41. The number of pyridine rings is 1. The molecule has 1 aromatic heterocycles. The minimum absolute atomic E-state index is 0.410. The van der Waals surface area contributed by atoms with Crippen molar-refractivity contribution in [3.05, 3.63) is 29.0 Å². The topological polar surface area (TPSA) is 12.9 Å². The Morgan fingerprint density at radius 1 is 1.37 bits per heavy atom. The van der Waals surface area contributed by atoms with Crippen molar-refractivity contribution < 1.29 is 0 Å². The van der Waals surface area contributed by atoms with Crippen molar-refractivity contribution in [1.82, 2.24) is 4.98 Å². The SMILES string of the molecule is CC(C)(C)C1CCC(Br)C(Cc2ccncc2Cl)C1. The van der Waals surface area contributed by atoms with Gasteiger partial charge in [0.25, 0.3) is 0 Å². The minimum atomic E-state index is 0.410. The van der Waals surface area contributed by atoms with Crippen molar-refractivity contribution in [1.29, 1.82) is 0 Å². The Morgan fingerprint density at radius 2 is 2.11 bits per heavy atom. The van der Waals surface area contributed by atoms with Gasteiger partial charge in [-0.3, -0.25) is 4.98 Å². The molecule has 2 rings (SSSR count). The first-order valence-corrected chi connectivity index (χ1v) is 8.39. The van der Waals surface area contributed by atoms with Gasteiger partial charge in [0, 0.05) is 17.2 Å². The van der Waals surface area contributed by atoms with E-state index in [0.717, 1.165) is 17.4 Å². The van der Waals surface area contributed by atoms with Crippen LogP contribution in [0.5, 0.6) is 0 Å². The van der Waals surface area contributed by atoms with Crippen molar-refractivity contribution in [2.24, 2.45) is 17.3 Å². The highest BCUT2D eigenvalue weighted by Crippen LogP contribution is 2.43. The Kier molecular flexibility index (Phi) is 4.94. The molecular formula is C16H23BrClN. The number of halogens is 2. The van der Waals surface area contributed by atoms with Crippen LogP contribution in [0.4, 0.5) is 0 Å². The predicted octanol–water partition coefficient (Wildman–Crippen LogP) is 5.50. The quantitative estimate of drug-likeness (QED) is 0.645. The summed E-state index contributed by atoms with van der Waals surface area (Å²) >= 11 is 10.1. The summed E-state index contributed by atoms with van der Waals surface area (Å²) in [5.41, 5.74) is 1.65. The van der Waals surface area contributed by atoms with Crippen LogP contribution in [-0.4, -0.2) is 9.81 Å². The van der Waals surface area contributed by atoms with Gasteiger partial charge in [0.05, 0.1) is 5.02 Å². The van der Waals surface area contributed by atoms with Crippen LogP contribution in [0.25, 0.3) is 0 Å². The average molecular weight is 345 g/mol. The monoisotopic (exact) mass is 343 g/mol. The average Bonchev–Trinajstić information content (AvgIpc) is 2.33. The number of hydrogen-bond acceptors (Lipinski definition) is 1. The highest BCUT2D eigenvalue weighted by molar-refractivity contribution is 9.09. The molecule has 1 nitrogen and oxygen atoms in total. The summed E-state index contributed by atoms with van der Waals surface area (Å²) in [6, 6.07) is 2.06. The smallest absolute Gasteiger partial charge is 0.0621 e. The fraction of sp³-hybridized carbons (Fsp3) is 0.688. The van der Waals surface area contributed by atoms with E-state index in [1.807, 2.05) is 6.20 Å². The lowest BCUT2D eigenvalue weighted by Gasteiger charge is -2.40. The van der Waals surface area contributed by atoms with Gasteiger partial charge in [0.2, 0.25) is 0 Å². The molecule has 0 spiro atoms. The molecule has 3 atom stereocenters. The van der Waals surface area contributed by atoms with E-state index in [0.29, 0.717) is 16.2 Å². The maximum Gasteiger partial charge on any atom is 0.0621 e. The van der Waals surface area contributed by atoms with Gasteiger partial charge in [-0.05, 0) is 54.6 Å². The number of alkyl halides is 1. The third kappa shape index (κ3) is 3.95. The highest BCUT2D eigenvalue weighted by atomic mass is 79.9. The van der Waals surface area contributed by atoms with Gasteiger partial charge in [0.15, 0.2) is 0 Å². The van der Waals surface area contributed by atoms with Gasteiger partial charge in [-0.25, -0.2) is 0 Å². The second kappa shape index (κ2) is 6.13. The lowest BCUT2D eigenvalue weighted by molar-refractivity contribution is 0.146. The molecule has 1 aromatic rings. The molecule has 106 valence electrons. The zero-order chi connectivity index (χ0) is 14.0. The summed E-state index contributed by atoms with van der Waals surface area (Å²) < 4.78 is 0. The molecule has 0 aromatic carbocycles. The lowest BCUT2D eigenvalue weighted by Crippen LogP contribution is -2.33. The molecule has 19 heavy (non-hydrogen) atoms. The van der Waals surface area contributed by atoms with Crippen LogP contribution in [0.2, 0.25) is 5.02 Å². The summed E-state index contributed by atoms with van der Waals surface area (Å²) in [5.74, 6) is 1.49. The van der Waals surface area contributed by atoms with Crippen LogP contribution in [0.15, 0.2) is 18.5 Å². The van der Waals surface area contributed by atoms with E-state index < -0.39 is 0 Å². The van der Waals surface area contributed by atoms with Gasteiger partial charge in [-0.2, -0.15) is 0 Å². The van der Waals surface area contributed by atoms with E-state index in [4.69, 9.17) is 11.6 Å². The molecule has 1 saturated carbocycles. The van der Waals surface area contributed by atoms with Crippen LogP contribution in [-0.2, 0) is 6.42 Å². The van der Waals surface area contributed by atoms with Crippen molar-refractivity contribution in [2.75, 3.05) is 0 Å². The third-order valence-corrected chi connectivity index (χ3v) is 6.00. The fourth-order valence-electron chi connectivity index (χ4n) is 3.08. The first kappa shape index (κ1) is 15.3. The van der Waals surface area contributed by atoms with Crippen LogP contribution >= 0.6 is 27.5 Å². The number of hydrogen-bond donors (Lipinski definition) is 0. The molecule has 3 heteroatoms. The molecule has 0 bridgehead atoms. The van der Waals surface area contributed by atoms with E-state index >= 15 is 0 Å². The summed E-state index contributed by atoms with van der Waals surface area (Å²) in [5, 5.41) is 0.806. The number of aromatic nitrogens is 1. The standard InChI is InChI=1S/C16H23BrClN/c1-16(2,3)13-4-5-14(17)12(9-13)8-11-6-7-19-10-15(11)18/h6-7,10,12-14H,4-5,8-9H2,1-3H3. The van der Waals surface area contributed by atoms with Crippen molar-refractivity contribution in [2.45, 2.75) is 51.3 Å². The summed E-state index contributed by atoms with van der Waals surface area (Å²) in [6.45, 7) is 7.09. The third-order valence-electron chi connectivity index (χ3n) is 4.45. The van der Waals surface area contributed by atoms with Crippen molar-refractivity contribution in [3.8, 4) is 0 Å². The van der Waals surface area contributed by atoms with Gasteiger partial charge in [-0.15, -0.1) is 0 Å². The Hall–Kier alpha value is -0.0800. The zero-order valence-electron chi connectivity index (χ0n) is 12.0. The summed E-state index contributed by atoms with van der Waals surface area (Å²) in [7, 11) is 0. The summed E-state index contributed by atoms with van der Waals surface area (Å²) in [6.07, 6.45) is 8.55. The first-order valence-electron chi connectivity index (χ1n) is 7.10. The molecule has 0 N–H and O–H groups in total. The Balaban J connectivity index is 2.08. The Morgan fingerprint density at radius 3 is 2.74 bits per heavy atom. The predicted molar refractivity (Wildman–Crippen MR) is 86.0 cm³/mol. The van der Waals surface area contributed by atoms with E-state index in [9.17, 15) is 0 Å². The highest BCUT2D eigenvalue weighted by Gasteiger charge is 2.34. The van der Waals surface area contributed by atoms with Gasteiger partial charge in [-0.1, -0.05) is 48.3 Å². The maximum absolute atomic E-state index is 6.24. The zero-order valence-corrected chi connectivity index (χ0v) is 14.3. The molecule has 0 saturated heterocycles. The van der Waals surface area contributed by atoms with E-state index in [1.54, 1.807) is 6.20 Å². The Labute approximate surface area is 130 Å². The molecule has 1 fully saturated rings. The van der Waals surface area contributed by atoms with Crippen molar-refractivity contribution >= 4 is 27.5 Å². The second-order valence-electron chi connectivity index (χ2n) is 6.82. The molecule has 1 aliphatic rings. The molecule has 1 heterocycles. The van der Waals surface area contributed by atoms with Gasteiger partial charge < -0.3 is 0 Å². The van der Waals surface area contributed by atoms with E-state index in [2.05, 4.69) is 47.8 Å². The fourth-order valence-corrected chi connectivity index (χ4v) is 3.94. The minimum Gasteiger partial charge on any atom is -0.263 e. The van der Waals surface area contributed by atoms with Crippen LogP contribution in [0.3, 0.4) is 0 Å². The maximum atomic E-state index is 6.24. The Bertz CT molecular complexity index is 427. The van der Waals surface area contributed by atoms with Crippen LogP contribution in [0, 0.1) is 17.3 Å². The molecule has 0 radical (unpaired) electrons. The number of rotatable bonds is 2. The molecule has 3 unspecified atom stereocenters.